The molecule has 0 spiro atoms. The van der Waals surface area contributed by atoms with Crippen molar-refractivity contribution in [3.8, 4) is 0 Å². The van der Waals surface area contributed by atoms with Gasteiger partial charge in [0.05, 0.1) is 10.0 Å². The highest BCUT2D eigenvalue weighted by molar-refractivity contribution is 9.10. The summed E-state index contributed by atoms with van der Waals surface area (Å²) in [5.41, 5.74) is 7.78. The first-order valence-corrected chi connectivity index (χ1v) is 6.15. The summed E-state index contributed by atoms with van der Waals surface area (Å²) in [6, 6.07) is 8.80. The van der Waals surface area contributed by atoms with Crippen LogP contribution in [-0.2, 0) is 0 Å². The Morgan fingerprint density at radius 3 is 2.78 bits per heavy atom. The molecular weight excluding hydrogens is 294 g/mol. The van der Waals surface area contributed by atoms with Gasteiger partial charge in [-0.3, -0.25) is 4.79 Å². The average molecular weight is 306 g/mol. The van der Waals surface area contributed by atoms with Crippen molar-refractivity contribution in [1.82, 2.24) is 4.98 Å². The fourth-order valence-corrected chi connectivity index (χ4v) is 1.89. The summed E-state index contributed by atoms with van der Waals surface area (Å²) < 4.78 is 0.592. The minimum atomic E-state index is -0.245. The number of pyridine rings is 1. The molecule has 18 heavy (non-hydrogen) atoms. The minimum absolute atomic E-state index is 0.245. The third-order valence-corrected chi connectivity index (χ3v) is 3.31. The van der Waals surface area contributed by atoms with E-state index >= 15 is 0 Å². The van der Waals surface area contributed by atoms with Gasteiger partial charge in [-0.25, -0.2) is 4.98 Å². The Hall–Kier alpha value is -1.88. The lowest BCUT2D eigenvalue weighted by Gasteiger charge is -2.07. The Kier molecular flexibility index (Phi) is 3.62. The zero-order valence-electron chi connectivity index (χ0n) is 9.77. The first kappa shape index (κ1) is 12.6. The molecule has 0 aliphatic heterocycles. The van der Waals surface area contributed by atoms with E-state index in [0.29, 0.717) is 21.5 Å². The zero-order valence-corrected chi connectivity index (χ0v) is 11.4. The summed E-state index contributed by atoms with van der Waals surface area (Å²) in [6.45, 7) is 1.94. The molecule has 2 rings (SSSR count). The number of rotatable bonds is 2. The molecule has 0 unspecified atom stereocenters. The van der Waals surface area contributed by atoms with E-state index < -0.39 is 0 Å². The number of hydrogen-bond acceptors (Lipinski definition) is 3. The fraction of sp³-hybridized carbons (Fsp3) is 0.0769. The van der Waals surface area contributed by atoms with Crippen molar-refractivity contribution in [2.45, 2.75) is 6.92 Å². The third-order valence-electron chi connectivity index (χ3n) is 2.43. The van der Waals surface area contributed by atoms with Gasteiger partial charge in [-0.2, -0.15) is 0 Å². The molecule has 0 saturated heterocycles. The van der Waals surface area contributed by atoms with Gasteiger partial charge in [-0.05, 0) is 46.6 Å². The number of carbonyl (C=O) groups excluding carboxylic acids is 1. The predicted octanol–water partition coefficient (Wildman–Crippen LogP) is 2.99. The number of carbonyl (C=O) groups is 1. The van der Waals surface area contributed by atoms with Crippen LogP contribution in [0.25, 0.3) is 0 Å². The topological polar surface area (TPSA) is 68.0 Å². The molecule has 5 heteroatoms. The van der Waals surface area contributed by atoms with Crippen molar-refractivity contribution in [1.29, 1.82) is 0 Å². The summed E-state index contributed by atoms with van der Waals surface area (Å²) in [7, 11) is 0. The van der Waals surface area contributed by atoms with Gasteiger partial charge >= 0.3 is 0 Å². The normalized spacial score (nSPS) is 10.1. The van der Waals surface area contributed by atoms with Crippen molar-refractivity contribution < 1.29 is 4.79 Å². The van der Waals surface area contributed by atoms with Gasteiger partial charge in [0.25, 0.3) is 5.91 Å². The van der Waals surface area contributed by atoms with Gasteiger partial charge in [0.15, 0.2) is 0 Å². The lowest BCUT2D eigenvalue weighted by atomic mass is 10.2. The molecule has 0 aliphatic rings. The molecule has 1 aromatic heterocycles. The van der Waals surface area contributed by atoms with Gasteiger partial charge < -0.3 is 11.1 Å². The number of hydrogen-bond donors (Lipinski definition) is 2. The highest BCUT2D eigenvalue weighted by Gasteiger charge is 2.12. The minimum Gasteiger partial charge on any atom is -0.398 e. The van der Waals surface area contributed by atoms with Crippen LogP contribution in [0.3, 0.4) is 0 Å². The lowest BCUT2D eigenvalue weighted by molar-refractivity contribution is 0.102. The smallest absolute Gasteiger partial charge is 0.258 e. The van der Waals surface area contributed by atoms with Crippen molar-refractivity contribution >= 4 is 33.3 Å². The Morgan fingerprint density at radius 1 is 1.33 bits per heavy atom. The van der Waals surface area contributed by atoms with Crippen LogP contribution in [0.5, 0.6) is 0 Å². The number of nitrogens with zero attached hydrogens (tertiary/aromatic N) is 1. The maximum Gasteiger partial charge on any atom is 0.258 e. The predicted molar refractivity (Wildman–Crippen MR) is 75.5 cm³/mol. The van der Waals surface area contributed by atoms with Crippen LogP contribution in [0.2, 0.25) is 0 Å². The van der Waals surface area contributed by atoms with E-state index in [1.165, 1.54) is 0 Å². The summed E-state index contributed by atoms with van der Waals surface area (Å²) >= 11 is 3.30. The van der Waals surface area contributed by atoms with Crippen LogP contribution in [0.15, 0.2) is 41.0 Å². The van der Waals surface area contributed by atoms with Crippen LogP contribution < -0.4 is 11.1 Å². The lowest BCUT2D eigenvalue weighted by Crippen LogP contribution is -2.14. The zero-order chi connectivity index (χ0) is 13.1. The number of aryl methyl sites for hydroxylation is 1. The first-order valence-electron chi connectivity index (χ1n) is 5.36. The maximum absolute atomic E-state index is 12.0. The third kappa shape index (κ3) is 2.68. The van der Waals surface area contributed by atoms with Gasteiger partial charge in [0, 0.05) is 11.9 Å². The molecule has 0 saturated carbocycles. The molecule has 0 atom stereocenters. The van der Waals surface area contributed by atoms with E-state index in [4.69, 9.17) is 5.73 Å². The van der Waals surface area contributed by atoms with Gasteiger partial charge in [0.1, 0.15) is 5.82 Å². The van der Waals surface area contributed by atoms with Crippen LogP contribution in [-0.4, -0.2) is 10.9 Å². The van der Waals surface area contributed by atoms with Crippen LogP contribution in [0, 0.1) is 6.92 Å². The largest absolute Gasteiger partial charge is 0.398 e. The van der Waals surface area contributed by atoms with Crippen LogP contribution in [0.1, 0.15) is 15.9 Å². The van der Waals surface area contributed by atoms with E-state index in [2.05, 4.69) is 26.2 Å². The van der Waals surface area contributed by atoms with E-state index in [-0.39, 0.29) is 5.91 Å². The van der Waals surface area contributed by atoms with Crippen molar-refractivity contribution in [2.75, 3.05) is 11.1 Å². The van der Waals surface area contributed by atoms with Crippen LogP contribution in [0.4, 0.5) is 11.5 Å². The second-order valence-corrected chi connectivity index (χ2v) is 4.68. The second-order valence-electron chi connectivity index (χ2n) is 3.88. The SMILES string of the molecule is Cc1ccc(NC(=O)c2cccc(N)c2Br)nc1. The van der Waals surface area contributed by atoms with E-state index in [1.807, 2.05) is 13.0 Å². The van der Waals surface area contributed by atoms with Gasteiger partial charge in [-0.15, -0.1) is 0 Å². The average Bonchev–Trinajstić information content (AvgIpc) is 2.35. The number of benzene rings is 1. The number of amides is 1. The molecule has 92 valence electrons. The number of nitrogens with one attached hydrogen (secondary N) is 1. The molecule has 4 nitrogen and oxygen atoms in total. The van der Waals surface area contributed by atoms with Gasteiger partial charge in [-0.1, -0.05) is 12.1 Å². The summed E-state index contributed by atoms with van der Waals surface area (Å²) in [5, 5.41) is 2.72. The highest BCUT2D eigenvalue weighted by atomic mass is 79.9. The molecule has 1 aromatic carbocycles. The highest BCUT2D eigenvalue weighted by Crippen LogP contribution is 2.24. The van der Waals surface area contributed by atoms with Gasteiger partial charge in [0.2, 0.25) is 0 Å². The fourth-order valence-electron chi connectivity index (χ4n) is 1.45. The molecule has 3 N–H and O–H groups in total. The van der Waals surface area contributed by atoms with Crippen molar-refractivity contribution in [3.63, 3.8) is 0 Å². The summed E-state index contributed by atoms with van der Waals surface area (Å²) in [6.07, 6.45) is 1.70. The quantitative estimate of drug-likeness (QED) is 0.838. The molecular formula is C13H12BrN3O. The molecule has 1 amide bonds. The Morgan fingerprint density at radius 2 is 2.11 bits per heavy atom. The maximum atomic E-state index is 12.0. The number of aromatic nitrogens is 1. The number of nitrogens with two attached hydrogens (primary N) is 1. The van der Waals surface area contributed by atoms with E-state index in [0.717, 1.165) is 5.56 Å². The Bertz CT molecular complexity index is 581. The molecule has 0 aliphatic carbocycles. The Balaban J connectivity index is 2.22. The monoisotopic (exact) mass is 305 g/mol. The summed E-state index contributed by atoms with van der Waals surface area (Å²) in [4.78, 5) is 16.2. The molecule has 0 fully saturated rings. The first-order chi connectivity index (χ1) is 8.58. The second kappa shape index (κ2) is 5.18. The number of anilines is 2. The molecule has 2 aromatic rings. The van der Waals surface area contributed by atoms with E-state index in [1.54, 1.807) is 30.5 Å². The van der Waals surface area contributed by atoms with Crippen LogP contribution >= 0.6 is 15.9 Å². The molecule has 1 heterocycles. The number of halogens is 1. The van der Waals surface area contributed by atoms with Crippen molar-refractivity contribution in [2.24, 2.45) is 0 Å². The standard InChI is InChI=1S/C13H12BrN3O/c1-8-5-6-11(16-7-8)17-13(18)9-3-2-4-10(15)12(9)14/h2-7H,15H2,1H3,(H,16,17,18). The van der Waals surface area contributed by atoms with Crippen molar-refractivity contribution in [3.05, 3.63) is 52.1 Å². The Labute approximate surface area is 113 Å². The number of nitrogen functional groups attached to an aromatic ring is 1. The molecule has 0 radical (unpaired) electrons. The molecule has 0 bridgehead atoms. The van der Waals surface area contributed by atoms with E-state index in [9.17, 15) is 4.79 Å². The summed E-state index contributed by atoms with van der Waals surface area (Å²) in [5.74, 6) is 0.269.